The first-order valence-electron chi connectivity index (χ1n) is 26.1. The Morgan fingerprint density at radius 3 is 2.29 bits per heavy atom. The minimum Gasteiger partial charge on any atom is -0.611 e. The van der Waals surface area contributed by atoms with E-state index in [-0.39, 0.29) is 37.0 Å². The lowest BCUT2D eigenvalue weighted by Gasteiger charge is -2.48. The Morgan fingerprint density at radius 1 is 1.01 bits per heavy atom. The Balaban J connectivity index is 1.41. The Kier molecular flexibility index (Phi) is 22.5. The number of likely N-dealkylation sites (N-methyl/N-ethyl adjacent to an activating group) is 2. The maximum Gasteiger partial charge on any atom is 0.311 e. The van der Waals surface area contributed by atoms with E-state index in [0.717, 1.165) is 0 Å². The number of hydrogen-bond donors (Lipinski definition) is 6. The van der Waals surface area contributed by atoms with Crippen LogP contribution in [0.1, 0.15) is 118 Å². The van der Waals surface area contributed by atoms with E-state index in [2.05, 4.69) is 10.3 Å². The van der Waals surface area contributed by atoms with E-state index in [4.69, 9.17) is 28.4 Å². The van der Waals surface area contributed by atoms with Crippen molar-refractivity contribution in [2.24, 2.45) is 23.7 Å². The summed E-state index contributed by atoms with van der Waals surface area (Å²) >= 11 is -1.37. The first-order chi connectivity index (χ1) is 34.3. The molecule has 1 unspecified atom stereocenters. The largest absolute Gasteiger partial charge is 0.611 e. The number of aromatic nitrogens is 3. The third kappa shape index (κ3) is 15.0. The molecule has 19 nitrogen and oxygen atoms in total. The summed E-state index contributed by atoms with van der Waals surface area (Å²) in [5, 5.41) is 77.1. The van der Waals surface area contributed by atoms with E-state index in [1.807, 2.05) is 51.6 Å². The van der Waals surface area contributed by atoms with Gasteiger partial charge in [0.05, 0.1) is 54.3 Å². The highest BCUT2D eigenvalue weighted by Gasteiger charge is 2.51. The molecule has 6 N–H and O–H groups in total. The van der Waals surface area contributed by atoms with Gasteiger partial charge in [0, 0.05) is 57.2 Å². The normalized spacial score (nSPS) is 39.1. The van der Waals surface area contributed by atoms with Crippen LogP contribution < -0.4 is 0 Å². The fourth-order valence-corrected chi connectivity index (χ4v) is 12.1. The molecule has 1 aromatic carbocycles. The zero-order chi connectivity index (χ0) is 54.3. The molecule has 0 saturated carbocycles. The van der Waals surface area contributed by atoms with Crippen molar-refractivity contribution in [3.63, 3.8) is 0 Å². The van der Waals surface area contributed by atoms with E-state index in [1.54, 1.807) is 65.1 Å². The maximum absolute atomic E-state index is 14.8. The van der Waals surface area contributed by atoms with Gasteiger partial charge in [0.1, 0.15) is 48.5 Å². The van der Waals surface area contributed by atoms with Crippen LogP contribution in [0.2, 0.25) is 0 Å². The van der Waals surface area contributed by atoms with Gasteiger partial charge < -0.3 is 73.4 Å². The van der Waals surface area contributed by atoms with Crippen LogP contribution in [0, 0.1) is 23.7 Å². The van der Waals surface area contributed by atoms with Gasteiger partial charge in [-0.2, -0.15) is 0 Å². The summed E-state index contributed by atoms with van der Waals surface area (Å²) in [6.45, 7) is 17.4. The van der Waals surface area contributed by atoms with Crippen molar-refractivity contribution in [2.75, 3.05) is 53.3 Å². The smallest absolute Gasteiger partial charge is 0.311 e. The number of rotatable bonds is 17. The van der Waals surface area contributed by atoms with Crippen molar-refractivity contribution in [2.45, 2.75) is 203 Å². The predicted octanol–water partition coefficient (Wildman–Crippen LogP) is 3.33. The molecule has 0 radical (unpaired) electrons. The second kappa shape index (κ2) is 26.7. The first-order valence-corrected chi connectivity index (χ1v) is 27.4. The van der Waals surface area contributed by atoms with E-state index >= 15 is 0 Å². The molecule has 3 aliphatic heterocycles. The minimum atomic E-state index is -1.84. The lowest BCUT2D eigenvalue weighted by atomic mass is 9.77. The molecule has 0 amide bonds. The topological polar surface area (TPSA) is 254 Å². The number of esters is 1. The van der Waals surface area contributed by atoms with Crippen LogP contribution in [0.4, 0.5) is 4.39 Å². The molecule has 3 saturated heterocycles. The molecule has 3 fully saturated rings. The summed E-state index contributed by atoms with van der Waals surface area (Å²) in [6, 6.07) is 4.85. The number of carbonyl (C=O) groups excluding carboxylic acids is 1. The Bertz CT molecular complexity index is 1980. The average Bonchev–Trinajstić information content (AvgIpc) is 3.82. The van der Waals surface area contributed by atoms with Gasteiger partial charge in [0.25, 0.3) is 0 Å². The second-order valence-electron chi connectivity index (χ2n) is 21.9. The van der Waals surface area contributed by atoms with Crippen LogP contribution in [0.3, 0.4) is 0 Å². The highest BCUT2D eigenvalue weighted by molar-refractivity contribution is 7.91. The van der Waals surface area contributed by atoms with Crippen LogP contribution in [0.5, 0.6) is 0 Å². The number of ether oxygens (including phenoxy) is 6. The quantitative estimate of drug-likeness (QED) is 0.0982. The van der Waals surface area contributed by atoms with Gasteiger partial charge in [0.2, 0.25) is 0 Å². The van der Waals surface area contributed by atoms with Gasteiger partial charge in [-0.1, -0.05) is 45.0 Å². The summed E-state index contributed by atoms with van der Waals surface area (Å²) in [5.41, 5.74) is -2.25. The van der Waals surface area contributed by atoms with Crippen molar-refractivity contribution in [3.05, 3.63) is 41.7 Å². The Labute approximate surface area is 435 Å². The van der Waals surface area contributed by atoms with Crippen molar-refractivity contribution in [1.82, 2.24) is 24.8 Å². The number of aliphatic hydroxyl groups excluding tert-OH is 4. The SMILES string of the molecule is CC[C@H]1OC(=O)[C@H](C)[C@@H](O[C@H]2C[C@H](C)[C@@H](O)[C@H](C)O2)[C@H](C)[C@@H](O[C@@H]2O[C@H](C)C[C@H](N(C)CCc3cn([C@H](CF)[C@H](OC)c4ccc([S+]([O-])CCO)cc4)nn3)[C@H]2O)[C@](C)(O)C[C@@H](C)CN(C)[C@H](C)[C@@H](O)[C@]1(C)O. The Morgan fingerprint density at radius 2 is 1.68 bits per heavy atom. The van der Waals surface area contributed by atoms with Crippen molar-refractivity contribution < 1.29 is 72.8 Å². The molecule has 418 valence electrons. The van der Waals surface area contributed by atoms with E-state index in [1.165, 1.54) is 18.7 Å². The molecule has 21 heteroatoms. The number of nitrogens with zero attached hydrogens (tertiary/aromatic N) is 5. The monoisotopic (exact) mass is 1060 g/mol. The second-order valence-corrected chi connectivity index (χ2v) is 23.5. The standard InChI is InChI=1S/C52H88FN5O14S/c1-14-41-52(10,65)47(62)34(7)57(12)27-29(2)25-51(9,64)48(32(5)45(33(6)49(63)70-41)71-42-23-30(3)43(60)35(8)69-42)72-50-44(61)39(24-31(4)68-50)56(11)20-19-37-28-58(55-54-37)40(26-53)46(67-13)36-15-17-38(18-16-36)73(66)22-21-59/h15-18,28-35,39-48,50,59-62,64-65H,14,19-27H2,1-13H3/t29-,30+,31-,32+,33-,34-,35+,39+,40-,41-,42+,43-,44-,45+,46-,47-,48-,50+,51-,52-,73?/m1/s1. The number of hydrogen-bond acceptors (Lipinski definition) is 18. The number of aliphatic hydroxyl groups is 6. The third-order valence-corrected chi connectivity index (χ3v) is 17.1. The number of carbonyl (C=O) groups is 1. The molecule has 73 heavy (non-hydrogen) atoms. The maximum atomic E-state index is 14.8. The zero-order valence-electron chi connectivity index (χ0n) is 45.3. The number of methoxy groups -OCH3 is 1. The first kappa shape index (κ1) is 61.4. The molecule has 0 spiro atoms. The fraction of sp³-hybridized carbons (Fsp3) is 0.827. The molecule has 2 aromatic rings. The molecular weight excluding hydrogens is 970 g/mol. The van der Waals surface area contributed by atoms with Gasteiger partial charge >= 0.3 is 5.97 Å². The summed E-state index contributed by atoms with van der Waals surface area (Å²) in [5.74, 6) is -2.86. The molecule has 1 aromatic heterocycles. The molecule has 3 aliphatic rings. The zero-order valence-corrected chi connectivity index (χ0v) is 46.1. The molecule has 4 heterocycles. The number of alkyl halides is 1. The van der Waals surface area contributed by atoms with Crippen LogP contribution in [0.25, 0.3) is 0 Å². The predicted molar refractivity (Wildman–Crippen MR) is 270 cm³/mol. The van der Waals surface area contributed by atoms with Crippen LogP contribution >= 0.6 is 0 Å². The summed E-state index contributed by atoms with van der Waals surface area (Å²) in [6.07, 6.45) is -7.25. The van der Waals surface area contributed by atoms with E-state index in [0.29, 0.717) is 48.5 Å². The number of cyclic esters (lactones) is 1. The van der Waals surface area contributed by atoms with E-state index < -0.39 is 132 Å². The lowest BCUT2D eigenvalue weighted by Crippen LogP contribution is -2.60. The van der Waals surface area contributed by atoms with Crippen molar-refractivity contribution in [1.29, 1.82) is 0 Å². The highest BCUT2D eigenvalue weighted by Crippen LogP contribution is 2.40. The van der Waals surface area contributed by atoms with Gasteiger partial charge in [-0.25, -0.2) is 9.07 Å². The lowest BCUT2D eigenvalue weighted by molar-refractivity contribution is -0.310. The average molecular weight is 1060 g/mol. The molecule has 5 rings (SSSR count). The summed E-state index contributed by atoms with van der Waals surface area (Å²) < 4.78 is 66.7. The van der Waals surface area contributed by atoms with Gasteiger partial charge in [0.15, 0.2) is 17.5 Å². The van der Waals surface area contributed by atoms with Crippen molar-refractivity contribution >= 4 is 17.1 Å². The minimum absolute atomic E-state index is 0.110. The summed E-state index contributed by atoms with van der Waals surface area (Å²) in [7, 11) is 5.17. The fourth-order valence-electron chi connectivity index (χ4n) is 11.3. The molecule has 0 aliphatic carbocycles. The van der Waals surface area contributed by atoms with E-state index in [9.17, 15) is 44.4 Å². The van der Waals surface area contributed by atoms with Gasteiger partial charge in [-0.3, -0.25) is 4.79 Å². The van der Waals surface area contributed by atoms with Crippen LogP contribution in [0.15, 0.2) is 35.4 Å². The van der Waals surface area contributed by atoms with Crippen LogP contribution in [-0.2, 0) is 50.8 Å². The van der Waals surface area contributed by atoms with Crippen molar-refractivity contribution in [3.8, 4) is 0 Å². The molecular formula is C52H88FN5O14S. The third-order valence-electron chi connectivity index (χ3n) is 15.8. The molecule has 0 bridgehead atoms. The number of benzene rings is 1. The Hall–Kier alpha value is -2.45. The number of halogens is 1. The van der Waals surface area contributed by atoms with Crippen LogP contribution in [-0.4, -0.2) is 204 Å². The van der Waals surface area contributed by atoms with Gasteiger partial charge in [-0.15, -0.1) is 5.10 Å². The summed E-state index contributed by atoms with van der Waals surface area (Å²) in [4.78, 5) is 18.8. The highest BCUT2D eigenvalue weighted by atomic mass is 32.2. The molecule has 21 atom stereocenters. The van der Waals surface area contributed by atoms with Gasteiger partial charge in [-0.05, 0) is 116 Å².